The van der Waals surface area contributed by atoms with Crippen molar-refractivity contribution in [1.29, 1.82) is 0 Å². The Bertz CT molecular complexity index is 183. The molecule has 1 rings (SSSR count). The van der Waals surface area contributed by atoms with Gasteiger partial charge in [0.25, 0.3) is 5.91 Å². The van der Waals surface area contributed by atoms with Crippen LogP contribution in [0.2, 0.25) is 0 Å². The SMILES string of the molecule is C#CC(=O)N1CCC(O)C1. The van der Waals surface area contributed by atoms with Gasteiger partial charge in [0.15, 0.2) is 0 Å². The first kappa shape index (κ1) is 7.10. The van der Waals surface area contributed by atoms with E-state index in [0.717, 1.165) is 0 Å². The summed E-state index contributed by atoms with van der Waals surface area (Å²) in [6.07, 6.45) is 5.14. The predicted molar refractivity (Wildman–Crippen MR) is 36.0 cm³/mol. The number of amides is 1. The summed E-state index contributed by atoms with van der Waals surface area (Å²) in [7, 11) is 0. The first-order valence-electron chi connectivity index (χ1n) is 3.17. The predicted octanol–water partition coefficient (Wildman–Crippen LogP) is -0.787. The van der Waals surface area contributed by atoms with E-state index in [1.54, 1.807) is 0 Å². The summed E-state index contributed by atoms with van der Waals surface area (Å²) in [5, 5.41) is 8.98. The Morgan fingerprint density at radius 1 is 1.80 bits per heavy atom. The number of hydrogen-bond acceptors (Lipinski definition) is 2. The number of rotatable bonds is 0. The summed E-state index contributed by atoms with van der Waals surface area (Å²) in [5.41, 5.74) is 0. The van der Waals surface area contributed by atoms with Gasteiger partial charge in [-0.05, 0) is 12.3 Å². The van der Waals surface area contributed by atoms with Gasteiger partial charge < -0.3 is 10.0 Å². The maximum Gasteiger partial charge on any atom is 0.298 e. The van der Waals surface area contributed by atoms with Gasteiger partial charge >= 0.3 is 0 Å². The quantitative estimate of drug-likeness (QED) is 0.447. The largest absolute Gasteiger partial charge is 0.391 e. The number of carbonyl (C=O) groups excluding carboxylic acids is 1. The van der Waals surface area contributed by atoms with E-state index in [1.165, 1.54) is 4.90 Å². The molecule has 1 atom stereocenters. The average Bonchev–Trinajstić information content (AvgIpc) is 2.34. The van der Waals surface area contributed by atoms with Crippen molar-refractivity contribution in [2.75, 3.05) is 13.1 Å². The monoisotopic (exact) mass is 139 g/mol. The summed E-state index contributed by atoms with van der Waals surface area (Å²) < 4.78 is 0. The summed E-state index contributed by atoms with van der Waals surface area (Å²) in [4.78, 5) is 12.2. The number of aliphatic hydroxyl groups excluding tert-OH is 1. The van der Waals surface area contributed by atoms with Gasteiger partial charge in [-0.3, -0.25) is 4.79 Å². The van der Waals surface area contributed by atoms with Crippen LogP contribution < -0.4 is 0 Å². The van der Waals surface area contributed by atoms with Gasteiger partial charge in [0, 0.05) is 13.1 Å². The molecule has 0 aromatic heterocycles. The van der Waals surface area contributed by atoms with Crippen molar-refractivity contribution in [2.45, 2.75) is 12.5 Å². The minimum absolute atomic E-state index is 0.323. The first-order valence-corrected chi connectivity index (χ1v) is 3.17. The summed E-state index contributed by atoms with van der Waals surface area (Å²) in [6.45, 7) is 0.979. The number of carbonyl (C=O) groups is 1. The minimum Gasteiger partial charge on any atom is -0.391 e. The molecule has 0 radical (unpaired) electrons. The molecule has 1 fully saturated rings. The number of terminal acetylenes is 1. The maximum atomic E-state index is 10.7. The fourth-order valence-corrected chi connectivity index (χ4v) is 1.02. The van der Waals surface area contributed by atoms with Crippen LogP contribution in [0.1, 0.15) is 6.42 Å². The zero-order valence-corrected chi connectivity index (χ0v) is 5.58. The first-order chi connectivity index (χ1) is 4.74. The van der Waals surface area contributed by atoms with E-state index in [1.807, 2.05) is 5.92 Å². The van der Waals surface area contributed by atoms with Gasteiger partial charge in [-0.1, -0.05) is 0 Å². The van der Waals surface area contributed by atoms with E-state index in [4.69, 9.17) is 11.5 Å². The maximum absolute atomic E-state index is 10.7. The number of hydrogen-bond donors (Lipinski definition) is 1. The van der Waals surface area contributed by atoms with Crippen molar-refractivity contribution in [3.63, 3.8) is 0 Å². The number of aliphatic hydroxyl groups is 1. The van der Waals surface area contributed by atoms with Crippen molar-refractivity contribution in [2.24, 2.45) is 0 Å². The van der Waals surface area contributed by atoms with Crippen molar-refractivity contribution >= 4 is 5.91 Å². The standard InChI is InChI=1S/C7H9NO2/c1-2-7(10)8-4-3-6(9)5-8/h1,6,9H,3-5H2. The van der Waals surface area contributed by atoms with Crippen LogP contribution in [0.25, 0.3) is 0 Å². The van der Waals surface area contributed by atoms with Crippen LogP contribution in [0.15, 0.2) is 0 Å². The average molecular weight is 139 g/mol. The normalized spacial score (nSPS) is 24.4. The highest BCUT2D eigenvalue weighted by atomic mass is 16.3. The van der Waals surface area contributed by atoms with Gasteiger partial charge in [-0.15, -0.1) is 6.42 Å². The number of likely N-dealkylation sites (tertiary alicyclic amines) is 1. The summed E-state index contributed by atoms with van der Waals surface area (Å²) in [5.74, 6) is 1.68. The third-order valence-corrected chi connectivity index (χ3v) is 1.57. The molecule has 3 nitrogen and oxygen atoms in total. The molecule has 0 bridgehead atoms. The Balaban J connectivity index is 2.47. The molecule has 0 aromatic carbocycles. The lowest BCUT2D eigenvalue weighted by Gasteiger charge is -2.09. The molecular formula is C7H9NO2. The Labute approximate surface area is 59.6 Å². The molecule has 1 unspecified atom stereocenters. The molecule has 1 N–H and O–H groups in total. The molecule has 54 valence electrons. The van der Waals surface area contributed by atoms with E-state index in [-0.39, 0.29) is 12.0 Å². The van der Waals surface area contributed by atoms with Crippen molar-refractivity contribution < 1.29 is 9.90 Å². The molecule has 10 heavy (non-hydrogen) atoms. The van der Waals surface area contributed by atoms with Crippen LogP contribution in [-0.2, 0) is 4.79 Å². The van der Waals surface area contributed by atoms with Crippen LogP contribution >= 0.6 is 0 Å². The molecular weight excluding hydrogens is 130 g/mol. The van der Waals surface area contributed by atoms with Crippen LogP contribution in [0.5, 0.6) is 0 Å². The molecule has 0 spiro atoms. The lowest BCUT2D eigenvalue weighted by atomic mass is 10.3. The van der Waals surface area contributed by atoms with Crippen LogP contribution in [0.4, 0.5) is 0 Å². The molecule has 1 amide bonds. The van der Waals surface area contributed by atoms with Gasteiger partial charge in [0.05, 0.1) is 6.10 Å². The van der Waals surface area contributed by atoms with Crippen LogP contribution in [0, 0.1) is 12.3 Å². The van der Waals surface area contributed by atoms with E-state index < -0.39 is 0 Å². The number of nitrogens with zero attached hydrogens (tertiary/aromatic N) is 1. The molecule has 3 heteroatoms. The van der Waals surface area contributed by atoms with Crippen molar-refractivity contribution in [3.8, 4) is 12.3 Å². The highest BCUT2D eigenvalue weighted by molar-refractivity contribution is 5.93. The van der Waals surface area contributed by atoms with Gasteiger partial charge in [-0.2, -0.15) is 0 Å². The lowest BCUT2D eigenvalue weighted by Crippen LogP contribution is -2.27. The highest BCUT2D eigenvalue weighted by Crippen LogP contribution is 2.07. The molecule has 0 aromatic rings. The minimum atomic E-state index is -0.378. The van der Waals surface area contributed by atoms with Crippen LogP contribution in [-0.4, -0.2) is 35.1 Å². The zero-order valence-electron chi connectivity index (χ0n) is 5.58. The molecule has 0 aliphatic carbocycles. The van der Waals surface area contributed by atoms with E-state index in [2.05, 4.69) is 0 Å². The van der Waals surface area contributed by atoms with E-state index in [9.17, 15) is 4.79 Å². The molecule has 1 aliphatic heterocycles. The molecule has 1 aliphatic rings. The zero-order chi connectivity index (χ0) is 7.56. The summed E-state index contributed by atoms with van der Waals surface area (Å²) >= 11 is 0. The Kier molecular flexibility index (Phi) is 1.93. The van der Waals surface area contributed by atoms with Crippen molar-refractivity contribution in [3.05, 3.63) is 0 Å². The topological polar surface area (TPSA) is 40.5 Å². The second kappa shape index (κ2) is 2.72. The second-order valence-electron chi connectivity index (χ2n) is 2.34. The molecule has 0 saturated carbocycles. The summed E-state index contributed by atoms with van der Waals surface area (Å²) in [6, 6.07) is 0. The molecule has 1 saturated heterocycles. The van der Waals surface area contributed by atoms with Gasteiger partial charge in [0.1, 0.15) is 0 Å². The fourth-order valence-electron chi connectivity index (χ4n) is 1.02. The van der Waals surface area contributed by atoms with E-state index in [0.29, 0.717) is 19.5 Å². The second-order valence-corrected chi connectivity index (χ2v) is 2.34. The van der Waals surface area contributed by atoms with Crippen LogP contribution in [0.3, 0.4) is 0 Å². The van der Waals surface area contributed by atoms with E-state index >= 15 is 0 Å². The van der Waals surface area contributed by atoms with Gasteiger partial charge in [-0.25, -0.2) is 0 Å². The fraction of sp³-hybridized carbons (Fsp3) is 0.571. The van der Waals surface area contributed by atoms with Crippen molar-refractivity contribution in [1.82, 2.24) is 4.90 Å². The Morgan fingerprint density at radius 3 is 2.90 bits per heavy atom. The highest BCUT2D eigenvalue weighted by Gasteiger charge is 2.22. The smallest absolute Gasteiger partial charge is 0.298 e. The third kappa shape index (κ3) is 1.28. The molecule has 1 heterocycles. The number of β-amino-alcohol motifs (C(OH)–C–C–N with tert-alkyl or cyclic N) is 1. The lowest BCUT2D eigenvalue weighted by molar-refractivity contribution is -0.124. The third-order valence-electron chi connectivity index (χ3n) is 1.57. The Hall–Kier alpha value is -1.01. The van der Waals surface area contributed by atoms with Gasteiger partial charge in [0.2, 0.25) is 0 Å². The Morgan fingerprint density at radius 2 is 2.50 bits per heavy atom.